The second-order valence-electron chi connectivity index (χ2n) is 17.7. The van der Waals surface area contributed by atoms with E-state index in [1.165, 1.54) is 27.1 Å². The molecule has 0 unspecified atom stereocenters. The zero-order valence-electron chi connectivity index (χ0n) is 35.3. The van der Waals surface area contributed by atoms with Crippen molar-refractivity contribution in [3.05, 3.63) is 200 Å². The molecule has 5 aromatic heterocycles. The smallest absolute Gasteiger partial charge is 0.136 e. The van der Waals surface area contributed by atoms with Crippen LogP contribution in [-0.2, 0) is 26.5 Å². The topological polar surface area (TPSA) is 39.3 Å². The third-order valence-corrected chi connectivity index (χ3v) is 12.9. The molecule has 0 saturated carbocycles. The summed E-state index contributed by atoms with van der Waals surface area (Å²) in [7, 11) is 0. The zero-order chi connectivity index (χ0) is 42.0. The van der Waals surface area contributed by atoms with Crippen molar-refractivity contribution in [3.63, 3.8) is 0 Å². The van der Waals surface area contributed by atoms with Crippen LogP contribution < -0.4 is 0 Å². The third-order valence-electron chi connectivity index (χ3n) is 12.9. The fourth-order valence-corrected chi connectivity index (χ4v) is 10.0. The third kappa shape index (κ3) is 5.74. The number of hydrogen-bond acceptors (Lipinski definition) is 2. The molecule has 0 aliphatic heterocycles. The van der Waals surface area contributed by atoms with E-state index in [0.29, 0.717) is 11.2 Å². The SMILES string of the molecule is CC(C)(C)c1cc2nc(c1)n1c3[c-]c(ccc3c3ccccc31)oc1[c-]c(ccc1)n1[cH-]n3c4c(cccc4c4ccccc4c4ccccc4c4cccc1c43)c1ccccc21.[Pt]. The average Bonchev–Trinajstić information content (AvgIpc) is 3.87. The van der Waals surface area contributed by atoms with Crippen LogP contribution >= 0.6 is 0 Å². The Bertz CT molecular complexity index is 4260. The van der Waals surface area contributed by atoms with Crippen molar-refractivity contribution in [2.24, 2.45) is 0 Å². The minimum atomic E-state index is -0.177. The van der Waals surface area contributed by atoms with Crippen LogP contribution in [-0.4, -0.2) is 18.2 Å². The van der Waals surface area contributed by atoms with E-state index < -0.39 is 0 Å². The molecule has 0 fully saturated rings. The van der Waals surface area contributed by atoms with Crippen LogP contribution in [0.2, 0.25) is 0 Å². The summed E-state index contributed by atoms with van der Waals surface area (Å²) < 4.78 is 13.7. The number of pyridine rings is 1. The maximum atomic E-state index is 6.73. The van der Waals surface area contributed by atoms with E-state index in [1.807, 2.05) is 18.2 Å². The predicted octanol–water partition coefficient (Wildman–Crippen LogP) is 15.2. The van der Waals surface area contributed by atoms with E-state index in [9.17, 15) is 0 Å². The van der Waals surface area contributed by atoms with Gasteiger partial charge in [0.15, 0.2) is 0 Å². The molecular formula is C58H39N4OPt-3. The van der Waals surface area contributed by atoms with Gasteiger partial charge < -0.3 is 17.6 Å². The first kappa shape index (κ1) is 38.4. The molecule has 0 aliphatic carbocycles. The Morgan fingerprint density at radius 3 is 1.69 bits per heavy atom. The van der Waals surface area contributed by atoms with Gasteiger partial charge in [0.2, 0.25) is 0 Å². The zero-order valence-corrected chi connectivity index (χ0v) is 37.6. The molecule has 13 aromatic rings. The van der Waals surface area contributed by atoms with E-state index in [1.54, 1.807) is 0 Å². The summed E-state index contributed by atoms with van der Waals surface area (Å²) in [5.41, 5.74) is 10.00. The average molecular weight is 1000 g/mol. The van der Waals surface area contributed by atoms with Gasteiger partial charge >= 0.3 is 0 Å². The molecule has 310 valence electrons. The van der Waals surface area contributed by atoms with Gasteiger partial charge in [-0.1, -0.05) is 154 Å². The van der Waals surface area contributed by atoms with Crippen LogP contribution in [0.5, 0.6) is 0 Å². The standard InChI is InChI=1S/C58H39N4O.Pt/c1-58(2,3)36-31-51-45-22-9-8-21-44(45)49-25-13-24-48-42-19-6-4-17-40(42)41-18-5-7-20-43(41)50-26-14-28-53-57(50)61(56(48)49)35-60(53)37-15-12-16-38(33-37)63-39-29-30-47-46-23-10-11-27-52(46)62(54(47)34-39)55(32-36)59-51;/h4-32,35H,1-3H3;/q-3;. The number of benzene rings is 8. The molecule has 0 atom stereocenters. The summed E-state index contributed by atoms with van der Waals surface area (Å²) in [6.07, 6.45) is 2.24. The number of nitrogens with zero attached hydrogens (tertiary/aromatic N) is 4. The van der Waals surface area contributed by atoms with Crippen LogP contribution in [0, 0.1) is 12.1 Å². The summed E-state index contributed by atoms with van der Waals surface area (Å²) in [4.78, 5) is 5.64. The number of imidazole rings is 1. The summed E-state index contributed by atoms with van der Waals surface area (Å²) >= 11 is 0. The van der Waals surface area contributed by atoms with Gasteiger partial charge in [-0.05, 0) is 94.2 Å². The number of fused-ring (bicyclic) bond motifs is 20. The van der Waals surface area contributed by atoms with Crippen molar-refractivity contribution in [2.45, 2.75) is 26.2 Å². The summed E-state index contributed by atoms with van der Waals surface area (Å²) in [6, 6.07) is 70.6. The Morgan fingerprint density at radius 1 is 0.469 bits per heavy atom. The first-order chi connectivity index (χ1) is 30.9. The molecule has 0 radical (unpaired) electrons. The number of para-hydroxylation sites is 3. The summed E-state index contributed by atoms with van der Waals surface area (Å²) in [5, 5.41) is 12.5. The van der Waals surface area contributed by atoms with E-state index in [4.69, 9.17) is 9.40 Å². The predicted molar refractivity (Wildman–Crippen MR) is 263 cm³/mol. The van der Waals surface area contributed by atoms with E-state index in [0.717, 1.165) is 82.0 Å². The number of aromatic nitrogens is 4. The fraction of sp³-hybridized carbons (Fsp3) is 0.0690. The maximum Gasteiger partial charge on any atom is 0.136 e. The molecule has 0 saturated heterocycles. The van der Waals surface area contributed by atoms with E-state index >= 15 is 0 Å². The summed E-state index contributed by atoms with van der Waals surface area (Å²) in [5.74, 6) is 0. The van der Waals surface area contributed by atoms with Crippen molar-refractivity contribution in [1.82, 2.24) is 18.2 Å². The van der Waals surface area contributed by atoms with Gasteiger partial charge in [-0.3, -0.25) is 0 Å². The van der Waals surface area contributed by atoms with Crippen LogP contribution in [0.25, 0.3) is 115 Å². The van der Waals surface area contributed by atoms with Gasteiger partial charge in [0, 0.05) is 49.5 Å². The van der Waals surface area contributed by atoms with Gasteiger partial charge in [-0.2, -0.15) is 24.3 Å². The van der Waals surface area contributed by atoms with Crippen LogP contribution in [0.4, 0.5) is 0 Å². The van der Waals surface area contributed by atoms with Crippen LogP contribution in [0.3, 0.4) is 0 Å². The van der Waals surface area contributed by atoms with Crippen molar-refractivity contribution in [1.29, 1.82) is 0 Å². The molecule has 0 aliphatic rings. The monoisotopic (exact) mass is 1000 g/mol. The first-order valence-corrected chi connectivity index (χ1v) is 21.5. The molecule has 13 rings (SSSR count). The molecular weight excluding hydrogens is 964 g/mol. The second kappa shape index (κ2) is 14.4. The van der Waals surface area contributed by atoms with E-state index in [-0.39, 0.29) is 26.5 Å². The Balaban J connectivity index is 0.00000433. The first-order valence-electron chi connectivity index (χ1n) is 21.5. The molecule has 5 nitrogen and oxygen atoms in total. The Morgan fingerprint density at radius 2 is 1.00 bits per heavy atom. The molecule has 0 amide bonds. The maximum absolute atomic E-state index is 6.73. The Hall–Kier alpha value is -7.33. The minimum absolute atomic E-state index is 0. The van der Waals surface area contributed by atoms with Gasteiger partial charge in [-0.25, -0.2) is 4.98 Å². The van der Waals surface area contributed by atoms with Crippen LogP contribution in [0.1, 0.15) is 26.3 Å². The van der Waals surface area contributed by atoms with Gasteiger partial charge in [-0.15, -0.1) is 29.1 Å². The number of hydrogen-bond donors (Lipinski definition) is 0. The molecule has 0 spiro atoms. The van der Waals surface area contributed by atoms with Gasteiger partial charge in [0.25, 0.3) is 0 Å². The minimum Gasteiger partial charge on any atom is -0.510 e. The van der Waals surface area contributed by atoms with Crippen LogP contribution in [0.15, 0.2) is 187 Å². The van der Waals surface area contributed by atoms with Gasteiger partial charge in [0.1, 0.15) is 5.65 Å². The van der Waals surface area contributed by atoms with Crippen molar-refractivity contribution in [3.8, 4) is 0 Å². The number of rotatable bonds is 0. The fourth-order valence-electron chi connectivity index (χ4n) is 10.0. The van der Waals surface area contributed by atoms with Crippen molar-refractivity contribution in [2.75, 3.05) is 0 Å². The molecule has 8 bridgehead atoms. The van der Waals surface area contributed by atoms with E-state index in [2.05, 4.69) is 210 Å². The molecule has 6 heteroatoms. The molecule has 5 heterocycles. The molecule has 8 aromatic carbocycles. The Labute approximate surface area is 382 Å². The summed E-state index contributed by atoms with van der Waals surface area (Å²) in [6.45, 7) is 6.83. The normalized spacial score (nSPS) is 12.2. The Kier molecular flexibility index (Phi) is 8.60. The molecule has 0 N–H and O–H groups in total. The second-order valence-corrected chi connectivity index (χ2v) is 17.7. The van der Waals surface area contributed by atoms with Crippen molar-refractivity contribution >= 4 is 115 Å². The quantitative estimate of drug-likeness (QED) is 0.142. The van der Waals surface area contributed by atoms with Crippen molar-refractivity contribution < 1.29 is 25.5 Å². The largest absolute Gasteiger partial charge is 0.510 e. The molecule has 64 heavy (non-hydrogen) atoms. The van der Waals surface area contributed by atoms with Gasteiger partial charge in [0.05, 0.1) is 5.52 Å².